The summed E-state index contributed by atoms with van der Waals surface area (Å²) in [6.07, 6.45) is 1.57. The first kappa shape index (κ1) is 16.4. The number of amides is 1. The Morgan fingerprint density at radius 3 is 3.09 bits per heavy atom. The number of carbonyl (C=O) groups is 1. The van der Waals surface area contributed by atoms with Crippen molar-refractivity contribution in [2.75, 3.05) is 13.1 Å². The molecule has 1 amide bonds. The predicted molar refractivity (Wildman–Crippen MR) is 85.0 cm³/mol. The lowest BCUT2D eigenvalue weighted by Gasteiger charge is -2.36. The molecule has 10 heteroatoms. The van der Waals surface area contributed by atoms with Gasteiger partial charge in [0.25, 0.3) is 0 Å². The smallest absolute Gasteiger partial charge is 0.234 e. The van der Waals surface area contributed by atoms with Crippen LogP contribution >= 0.6 is 23.9 Å². The number of nitrogens with zero attached hydrogens (tertiary/aromatic N) is 1. The molecule has 2 fully saturated rings. The molecule has 0 aliphatic carbocycles. The zero-order valence-electron chi connectivity index (χ0n) is 12.2. The molecule has 6 N–H and O–H groups in total. The van der Waals surface area contributed by atoms with Crippen molar-refractivity contribution in [1.82, 2.24) is 20.6 Å². The molecule has 2 saturated heterocycles. The normalized spacial score (nSPS) is 34.1. The summed E-state index contributed by atoms with van der Waals surface area (Å²) in [6.45, 7) is 3.83. The van der Waals surface area contributed by atoms with Crippen LogP contribution in [0.5, 0.6) is 0 Å². The molecule has 0 aromatic carbocycles. The topological polar surface area (TPSA) is 112 Å². The van der Waals surface area contributed by atoms with E-state index in [1.54, 1.807) is 22.3 Å². The maximum Gasteiger partial charge on any atom is 0.234 e. The van der Waals surface area contributed by atoms with Crippen molar-refractivity contribution in [3.8, 4) is 0 Å². The SMILES string of the molecule is CC1C(SC2CNC(CNSN)C2)=C(ONO)N2C(=O)CC12. The van der Waals surface area contributed by atoms with Gasteiger partial charge < -0.3 is 10.2 Å². The van der Waals surface area contributed by atoms with Crippen LogP contribution in [0.4, 0.5) is 0 Å². The lowest BCUT2D eigenvalue weighted by Crippen LogP contribution is -2.51. The van der Waals surface area contributed by atoms with Gasteiger partial charge in [-0.1, -0.05) is 6.92 Å². The number of fused-ring (bicyclic) bond motifs is 1. The second-order valence-electron chi connectivity index (χ2n) is 5.73. The zero-order valence-corrected chi connectivity index (χ0v) is 13.9. The largest absolute Gasteiger partial charge is 0.364 e. The van der Waals surface area contributed by atoms with Crippen LogP contribution in [0.3, 0.4) is 0 Å². The molecule has 22 heavy (non-hydrogen) atoms. The van der Waals surface area contributed by atoms with Gasteiger partial charge in [-0.05, 0) is 12.1 Å². The van der Waals surface area contributed by atoms with Gasteiger partial charge in [-0.25, -0.2) is 4.72 Å². The van der Waals surface area contributed by atoms with Crippen LogP contribution in [0.1, 0.15) is 19.8 Å². The highest BCUT2D eigenvalue weighted by Crippen LogP contribution is 2.48. The van der Waals surface area contributed by atoms with Gasteiger partial charge in [-0.3, -0.25) is 20.0 Å². The molecule has 0 bridgehead atoms. The molecule has 3 aliphatic rings. The summed E-state index contributed by atoms with van der Waals surface area (Å²) in [5.74, 6) is 0.743. The quantitative estimate of drug-likeness (QED) is 0.245. The number of nitrogens with one attached hydrogen (secondary N) is 3. The molecule has 0 saturated carbocycles. The maximum absolute atomic E-state index is 11.8. The van der Waals surface area contributed by atoms with Crippen LogP contribution in [-0.4, -0.2) is 46.4 Å². The Bertz CT molecular complexity index is 478. The van der Waals surface area contributed by atoms with E-state index in [-0.39, 0.29) is 17.9 Å². The van der Waals surface area contributed by atoms with Gasteiger partial charge in [0.1, 0.15) is 0 Å². The fourth-order valence-corrected chi connectivity index (χ4v) is 5.03. The molecular weight excluding hydrogens is 326 g/mol. The molecule has 0 radical (unpaired) electrons. The Balaban J connectivity index is 1.65. The summed E-state index contributed by atoms with van der Waals surface area (Å²) in [5.41, 5.74) is 1.72. The molecule has 3 rings (SSSR count). The average Bonchev–Trinajstić information content (AvgIpc) is 3.01. The lowest BCUT2D eigenvalue weighted by atomic mass is 9.94. The summed E-state index contributed by atoms with van der Waals surface area (Å²) in [5, 5.41) is 18.1. The average molecular weight is 347 g/mol. The minimum atomic E-state index is 0.0456. The number of hydrogen-bond acceptors (Lipinski definition) is 9. The van der Waals surface area contributed by atoms with Crippen molar-refractivity contribution in [2.45, 2.75) is 37.1 Å². The fourth-order valence-electron chi connectivity index (χ4n) is 3.25. The van der Waals surface area contributed by atoms with E-state index < -0.39 is 0 Å². The fraction of sp³-hybridized carbons (Fsp3) is 0.750. The van der Waals surface area contributed by atoms with Crippen molar-refractivity contribution in [3.05, 3.63) is 10.8 Å². The number of rotatable bonds is 7. The highest BCUT2D eigenvalue weighted by atomic mass is 32.2. The lowest BCUT2D eigenvalue weighted by molar-refractivity contribution is -0.158. The summed E-state index contributed by atoms with van der Waals surface area (Å²) < 4.78 is 3.06. The molecule has 3 aliphatic heterocycles. The van der Waals surface area contributed by atoms with Crippen LogP contribution in [0, 0.1) is 5.92 Å². The van der Waals surface area contributed by atoms with E-state index in [9.17, 15) is 4.79 Å². The van der Waals surface area contributed by atoms with Gasteiger partial charge in [0, 0.05) is 48.9 Å². The first-order chi connectivity index (χ1) is 10.7. The molecular formula is C12H21N5O3S2. The van der Waals surface area contributed by atoms with Crippen LogP contribution in [0.2, 0.25) is 0 Å². The standard InChI is InChI=1S/C12H21N5O3S2/c1-6-9-3-10(18)17(9)12(20-16-19)11(6)21-8-2-7(14-5-8)4-15-22-13/h6-9,14-16,19H,2-5,13H2,1H3. The second-order valence-corrected chi connectivity index (χ2v) is 7.60. The second kappa shape index (κ2) is 6.95. The van der Waals surface area contributed by atoms with Gasteiger partial charge in [0.05, 0.1) is 10.9 Å². The first-order valence-corrected chi connectivity index (χ1v) is 9.02. The van der Waals surface area contributed by atoms with E-state index in [0.29, 0.717) is 23.6 Å². The van der Waals surface area contributed by atoms with Crippen molar-refractivity contribution >= 4 is 29.8 Å². The minimum absolute atomic E-state index is 0.0456. The third-order valence-corrected chi connectivity index (χ3v) is 6.26. The first-order valence-electron chi connectivity index (χ1n) is 7.26. The molecule has 8 nitrogen and oxygen atoms in total. The Morgan fingerprint density at radius 2 is 2.41 bits per heavy atom. The van der Waals surface area contributed by atoms with E-state index in [2.05, 4.69) is 17.0 Å². The molecule has 0 spiro atoms. The minimum Gasteiger partial charge on any atom is -0.364 e. The zero-order chi connectivity index (χ0) is 15.7. The predicted octanol–water partition coefficient (Wildman–Crippen LogP) is -0.108. The third-order valence-electron chi connectivity index (χ3n) is 4.44. The van der Waals surface area contributed by atoms with Crippen molar-refractivity contribution in [2.24, 2.45) is 11.1 Å². The number of β-lactam (4-membered cyclic amide) rings is 1. The van der Waals surface area contributed by atoms with E-state index in [1.807, 2.05) is 0 Å². The van der Waals surface area contributed by atoms with E-state index in [0.717, 1.165) is 36.5 Å². The van der Waals surface area contributed by atoms with Crippen molar-refractivity contribution in [1.29, 1.82) is 0 Å². The van der Waals surface area contributed by atoms with Gasteiger partial charge in [-0.2, -0.15) is 0 Å². The molecule has 4 unspecified atom stereocenters. The van der Waals surface area contributed by atoms with E-state index in [1.165, 1.54) is 0 Å². The summed E-state index contributed by atoms with van der Waals surface area (Å²) in [4.78, 5) is 19.5. The number of nitrogens with two attached hydrogens (primary N) is 1. The summed E-state index contributed by atoms with van der Waals surface area (Å²) in [6, 6.07) is 0.559. The van der Waals surface area contributed by atoms with Crippen LogP contribution in [-0.2, 0) is 9.63 Å². The Morgan fingerprint density at radius 1 is 1.59 bits per heavy atom. The molecule has 4 atom stereocenters. The van der Waals surface area contributed by atoms with Gasteiger partial charge in [0.2, 0.25) is 11.8 Å². The van der Waals surface area contributed by atoms with Crippen LogP contribution < -0.4 is 20.8 Å². The molecule has 124 valence electrons. The van der Waals surface area contributed by atoms with Crippen molar-refractivity contribution in [3.63, 3.8) is 0 Å². The molecule has 0 aromatic heterocycles. The highest BCUT2D eigenvalue weighted by Gasteiger charge is 2.51. The maximum atomic E-state index is 11.8. The summed E-state index contributed by atoms with van der Waals surface area (Å²) in [7, 11) is 0. The van der Waals surface area contributed by atoms with E-state index in [4.69, 9.17) is 15.2 Å². The highest BCUT2D eigenvalue weighted by molar-refractivity contribution is 8.03. The number of hydrogen-bond donors (Lipinski definition) is 5. The Kier molecular flexibility index (Phi) is 5.17. The number of carbonyl (C=O) groups excluding carboxylic acids is 1. The van der Waals surface area contributed by atoms with Crippen LogP contribution in [0.15, 0.2) is 10.8 Å². The van der Waals surface area contributed by atoms with Gasteiger partial charge in [-0.15, -0.1) is 11.8 Å². The monoisotopic (exact) mass is 347 g/mol. The Hall–Kier alpha value is -0.490. The summed E-state index contributed by atoms with van der Waals surface area (Å²) >= 11 is 2.87. The van der Waals surface area contributed by atoms with Crippen molar-refractivity contribution < 1.29 is 14.8 Å². The Labute approximate surface area is 137 Å². The number of thioether (sulfide) groups is 1. The third kappa shape index (κ3) is 2.96. The van der Waals surface area contributed by atoms with Crippen LogP contribution in [0.25, 0.3) is 0 Å². The van der Waals surface area contributed by atoms with E-state index >= 15 is 0 Å². The van der Waals surface area contributed by atoms with Gasteiger partial charge >= 0.3 is 0 Å². The molecule has 3 heterocycles. The van der Waals surface area contributed by atoms with Gasteiger partial charge in [0.15, 0.2) is 0 Å². The molecule has 0 aromatic rings.